The van der Waals surface area contributed by atoms with Crippen LogP contribution in [0, 0.1) is 17.8 Å². The molecular weight excluding hydrogens is 266 g/mol. The quantitative estimate of drug-likeness (QED) is 0.865. The first-order valence-corrected chi connectivity index (χ1v) is 7.75. The van der Waals surface area contributed by atoms with Gasteiger partial charge in [-0.05, 0) is 62.3 Å². The van der Waals surface area contributed by atoms with E-state index in [4.69, 9.17) is 4.74 Å². The molecular formula is C17H21NO3. The number of ether oxygens (including phenoxy) is 1. The second-order valence-corrected chi connectivity index (χ2v) is 6.07. The van der Waals surface area contributed by atoms with Crippen LogP contribution in [0.4, 0.5) is 5.69 Å². The Morgan fingerprint density at radius 2 is 1.95 bits per heavy atom. The van der Waals surface area contributed by atoms with Gasteiger partial charge in [-0.15, -0.1) is 0 Å². The predicted molar refractivity (Wildman–Crippen MR) is 80.0 cm³/mol. The fourth-order valence-electron chi connectivity index (χ4n) is 3.70. The van der Waals surface area contributed by atoms with E-state index in [0.29, 0.717) is 18.1 Å². The van der Waals surface area contributed by atoms with Crippen molar-refractivity contribution in [3.8, 4) is 0 Å². The van der Waals surface area contributed by atoms with Crippen molar-refractivity contribution in [1.29, 1.82) is 0 Å². The summed E-state index contributed by atoms with van der Waals surface area (Å²) in [5, 5.41) is 2.98. The summed E-state index contributed by atoms with van der Waals surface area (Å²) < 4.78 is 4.94. The Morgan fingerprint density at radius 1 is 1.19 bits per heavy atom. The summed E-state index contributed by atoms with van der Waals surface area (Å²) in [5.41, 5.74) is 1.26. The maximum absolute atomic E-state index is 12.3. The minimum absolute atomic E-state index is 0.131. The Morgan fingerprint density at radius 3 is 2.52 bits per heavy atom. The van der Waals surface area contributed by atoms with Crippen LogP contribution in [-0.2, 0) is 9.53 Å². The molecule has 0 heterocycles. The van der Waals surface area contributed by atoms with Gasteiger partial charge in [-0.3, -0.25) is 4.79 Å². The third-order valence-electron chi connectivity index (χ3n) is 4.74. The van der Waals surface area contributed by atoms with E-state index in [9.17, 15) is 9.59 Å². The van der Waals surface area contributed by atoms with E-state index in [1.54, 1.807) is 31.2 Å². The van der Waals surface area contributed by atoms with E-state index in [2.05, 4.69) is 5.32 Å². The molecule has 2 fully saturated rings. The number of hydrogen-bond donors (Lipinski definition) is 1. The van der Waals surface area contributed by atoms with Crippen LogP contribution in [-0.4, -0.2) is 18.5 Å². The van der Waals surface area contributed by atoms with Crippen LogP contribution < -0.4 is 5.32 Å². The van der Waals surface area contributed by atoms with Crippen molar-refractivity contribution in [2.75, 3.05) is 11.9 Å². The lowest BCUT2D eigenvalue weighted by Gasteiger charge is -2.20. The van der Waals surface area contributed by atoms with Crippen LogP contribution in [0.1, 0.15) is 43.0 Å². The van der Waals surface area contributed by atoms with Crippen LogP contribution in [0.25, 0.3) is 0 Å². The number of rotatable bonds is 4. The second-order valence-electron chi connectivity index (χ2n) is 6.07. The molecule has 112 valence electrons. The maximum Gasteiger partial charge on any atom is 0.338 e. The average molecular weight is 287 g/mol. The molecule has 4 nitrogen and oxygen atoms in total. The molecule has 0 aliphatic heterocycles. The number of amides is 1. The first-order chi connectivity index (χ1) is 10.2. The first kappa shape index (κ1) is 14.1. The number of esters is 1. The molecule has 1 aromatic rings. The van der Waals surface area contributed by atoms with Crippen LogP contribution in [0.3, 0.4) is 0 Å². The van der Waals surface area contributed by atoms with E-state index < -0.39 is 0 Å². The SMILES string of the molecule is CCOC(=O)c1ccc(NC(=O)[C@H]2C[C@@H]3CC[C@@H]2C3)cc1. The summed E-state index contributed by atoms with van der Waals surface area (Å²) in [6, 6.07) is 6.90. The zero-order valence-corrected chi connectivity index (χ0v) is 12.3. The van der Waals surface area contributed by atoms with Gasteiger partial charge in [0.05, 0.1) is 12.2 Å². The van der Waals surface area contributed by atoms with Crippen molar-refractivity contribution >= 4 is 17.6 Å². The Labute approximate surface area is 124 Å². The molecule has 4 heteroatoms. The van der Waals surface area contributed by atoms with Gasteiger partial charge in [0.25, 0.3) is 0 Å². The number of anilines is 1. The normalized spacial score (nSPS) is 26.6. The van der Waals surface area contributed by atoms with Crippen molar-refractivity contribution < 1.29 is 14.3 Å². The number of fused-ring (bicyclic) bond motifs is 2. The summed E-state index contributed by atoms with van der Waals surface area (Å²) in [7, 11) is 0. The van der Waals surface area contributed by atoms with E-state index in [1.807, 2.05) is 0 Å². The molecule has 0 radical (unpaired) electrons. The molecule has 3 atom stereocenters. The molecule has 1 amide bonds. The number of hydrogen-bond acceptors (Lipinski definition) is 3. The smallest absolute Gasteiger partial charge is 0.338 e. The molecule has 2 saturated carbocycles. The van der Waals surface area contributed by atoms with Crippen molar-refractivity contribution in [2.24, 2.45) is 17.8 Å². The van der Waals surface area contributed by atoms with Crippen molar-refractivity contribution in [3.05, 3.63) is 29.8 Å². The monoisotopic (exact) mass is 287 g/mol. The third-order valence-corrected chi connectivity index (χ3v) is 4.74. The Bertz CT molecular complexity index is 537. The summed E-state index contributed by atoms with van der Waals surface area (Å²) in [6.07, 6.45) is 4.75. The maximum atomic E-state index is 12.3. The highest BCUT2D eigenvalue weighted by Gasteiger charge is 2.42. The van der Waals surface area contributed by atoms with Gasteiger partial charge in [-0.2, -0.15) is 0 Å². The zero-order chi connectivity index (χ0) is 14.8. The van der Waals surface area contributed by atoms with E-state index in [1.165, 1.54) is 19.3 Å². The van der Waals surface area contributed by atoms with Crippen LogP contribution >= 0.6 is 0 Å². The molecule has 0 aromatic heterocycles. The molecule has 1 N–H and O–H groups in total. The lowest BCUT2D eigenvalue weighted by molar-refractivity contribution is -0.121. The van der Waals surface area contributed by atoms with E-state index >= 15 is 0 Å². The fourth-order valence-corrected chi connectivity index (χ4v) is 3.70. The van der Waals surface area contributed by atoms with Gasteiger partial charge in [0, 0.05) is 11.6 Å². The topological polar surface area (TPSA) is 55.4 Å². The first-order valence-electron chi connectivity index (χ1n) is 7.75. The van der Waals surface area contributed by atoms with Crippen LogP contribution in [0.5, 0.6) is 0 Å². The van der Waals surface area contributed by atoms with Gasteiger partial charge >= 0.3 is 5.97 Å². The van der Waals surface area contributed by atoms with Crippen molar-refractivity contribution in [1.82, 2.24) is 0 Å². The van der Waals surface area contributed by atoms with Gasteiger partial charge in [0.1, 0.15) is 0 Å². The highest BCUT2D eigenvalue weighted by atomic mass is 16.5. The molecule has 2 bridgehead atoms. The van der Waals surface area contributed by atoms with Gasteiger partial charge in [0.2, 0.25) is 5.91 Å². The Hall–Kier alpha value is -1.84. The van der Waals surface area contributed by atoms with Gasteiger partial charge in [-0.25, -0.2) is 4.79 Å². The molecule has 0 spiro atoms. The summed E-state index contributed by atoms with van der Waals surface area (Å²) in [4.78, 5) is 23.9. The highest BCUT2D eigenvalue weighted by Crippen LogP contribution is 2.48. The molecule has 21 heavy (non-hydrogen) atoms. The van der Waals surface area contributed by atoms with Crippen LogP contribution in [0.15, 0.2) is 24.3 Å². The summed E-state index contributed by atoms with van der Waals surface area (Å²) >= 11 is 0. The Kier molecular flexibility index (Phi) is 3.95. The number of benzene rings is 1. The lowest BCUT2D eigenvalue weighted by Crippen LogP contribution is -2.27. The number of carbonyl (C=O) groups is 2. The largest absolute Gasteiger partial charge is 0.462 e. The predicted octanol–water partition coefficient (Wildman–Crippen LogP) is 3.24. The molecule has 0 saturated heterocycles. The minimum atomic E-state index is -0.330. The lowest BCUT2D eigenvalue weighted by atomic mass is 9.88. The minimum Gasteiger partial charge on any atom is -0.462 e. The standard InChI is InChI=1S/C17H21NO3/c1-2-21-17(20)12-5-7-14(8-6-12)18-16(19)15-10-11-3-4-13(15)9-11/h5-8,11,13,15H,2-4,9-10H2,1H3,(H,18,19)/t11-,13-,15+/m1/s1. The molecule has 1 aromatic carbocycles. The summed E-state index contributed by atoms with van der Waals surface area (Å²) in [5.74, 6) is 1.31. The molecule has 2 aliphatic carbocycles. The van der Waals surface area contributed by atoms with Crippen LogP contribution in [0.2, 0.25) is 0 Å². The van der Waals surface area contributed by atoms with Crippen molar-refractivity contribution in [3.63, 3.8) is 0 Å². The van der Waals surface area contributed by atoms with E-state index in [-0.39, 0.29) is 17.8 Å². The second kappa shape index (κ2) is 5.88. The molecule has 2 aliphatic rings. The number of nitrogens with one attached hydrogen (secondary N) is 1. The fraction of sp³-hybridized carbons (Fsp3) is 0.529. The number of carbonyl (C=O) groups excluding carboxylic acids is 2. The third kappa shape index (κ3) is 2.94. The van der Waals surface area contributed by atoms with E-state index in [0.717, 1.165) is 18.0 Å². The van der Waals surface area contributed by atoms with Gasteiger partial charge in [-0.1, -0.05) is 6.42 Å². The van der Waals surface area contributed by atoms with Gasteiger partial charge < -0.3 is 10.1 Å². The molecule has 0 unspecified atom stereocenters. The van der Waals surface area contributed by atoms with Gasteiger partial charge in [0.15, 0.2) is 0 Å². The van der Waals surface area contributed by atoms with Crippen molar-refractivity contribution in [2.45, 2.75) is 32.6 Å². The zero-order valence-electron chi connectivity index (χ0n) is 12.3. The molecule has 3 rings (SSSR count). The highest BCUT2D eigenvalue weighted by molar-refractivity contribution is 5.94. The Balaban J connectivity index is 1.60. The average Bonchev–Trinajstić information content (AvgIpc) is 3.11. The summed E-state index contributed by atoms with van der Waals surface area (Å²) in [6.45, 7) is 2.14.